The van der Waals surface area contributed by atoms with Crippen LogP contribution in [0.15, 0.2) is 53.7 Å². The summed E-state index contributed by atoms with van der Waals surface area (Å²) < 4.78 is 2.00. The van der Waals surface area contributed by atoms with Crippen molar-refractivity contribution in [3.63, 3.8) is 0 Å². The Kier molecular flexibility index (Phi) is 6.78. The zero-order valence-corrected chi connectivity index (χ0v) is 20.5. The average molecular weight is 480 g/mol. The van der Waals surface area contributed by atoms with Crippen LogP contribution in [-0.4, -0.2) is 32.0 Å². The van der Waals surface area contributed by atoms with E-state index in [2.05, 4.69) is 41.5 Å². The van der Waals surface area contributed by atoms with E-state index in [1.165, 1.54) is 11.8 Å². The predicted octanol–water partition coefficient (Wildman–Crippen LogP) is 5.61. The van der Waals surface area contributed by atoms with Gasteiger partial charge in [0, 0.05) is 10.6 Å². The number of nitrogens with one attached hydrogen (secondary N) is 1. The highest BCUT2D eigenvalue weighted by atomic mass is 35.5. The van der Waals surface area contributed by atoms with Crippen LogP contribution in [-0.2, 0) is 4.79 Å². The van der Waals surface area contributed by atoms with Gasteiger partial charge in [-0.2, -0.15) is 5.26 Å². The molecule has 0 spiro atoms. The maximum Gasteiger partial charge on any atom is 0.231 e. The van der Waals surface area contributed by atoms with E-state index in [9.17, 15) is 10.1 Å². The van der Waals surface area contributed by atoms with Gasteiger partial charge in [-0.05, 0) is 67.5 Å². The first kappa shape index (κ1) is 23.3. The van der Waals surface area contributed by atoms with E-state index in [1.54, 1.807) is 6.92 Å². The molecule has 1 aliphatic carbocycles. The molecule has 170 valence electrons. The molecule has 0 saturated heterocycles. The summed E-state index contributed by atoms with van der Waals surface area (Å²) in [4.78, 5) is 12.7. The molecule has 1 saturated carbocycles. The molecule has 0 aliphatic heterocycles. The molecule has 8 heteroatoms. The molecule has 1 heterocycles. The quantitative estimate of drug-likeness (QED) is 0.424. The molecule has 1 unspecified atom stereocenters. The van der Waals surface area contributed by atoms with Crippen LogP contribution in [0.2, 0.25) is 5.02 Å². The number of thioether (sulfide) groups is 1. The lowest BCUT2D eigenvalue weighted by Gasteiger charge is -2.22. The van der Waals surface area contributed by atoms with Crippen molar-refractivity contribution in [1.82, 2.24) is 20.1 Å². The van der Waals surface area contributed by atoms with Crippen molar-refractivity contribution in [2.45, 2.75) is 50.2 Å². The maximum atomic E-state index is 12.7. The van der Waals surface area contributed by atoms with Gasteiger partial charge in [0.15, 0.2) is 11.0 Å². The standard InChI is InChI=1S/C25H26ClN5OS/c1-16(2)20-6-4-5-7-21(20)31-23(17-8-12-19(26)13-9-17)29-30-24(31)33-14-22(32)28-25(3,15-27)18-10-11-18/h4-9,12-13,16,18H,10-11,14H2,1-3H3,(H,28,32). The van der Waals surface area contributed by atoms with Crippen LogP contribution in [0.3, 0.4) is 0 Å². The van der Waals surface area contributed by atoms with Crippen molar-refractivity contribution in [2.75, 3.05) is 5.75 Å². The monoisotopic (exact) mass is 479 g/mol. The third-order valence-electron chi connectivity index (χ3n) is 5.89. The lowest BCUT2D eigenvalue weighted by Crippen LogP contribution is -2.47. The van der Waals surface area contributed by atoms with E-state index in [4.69, 9.17) is 11.6 Å². The fraction of sp³-hybridized carbons (Fsp3) is 0.360. The largest absolute Gasteiger partial charge is 0.337 e. The highest BCUT2D eigenvalue weighted by Gasteiger charge is 2.43. The van der Waals surface area contributed by atoms with Crippen LogP contribution >= 0.6 is 23.4 Å². The predicted molar refractivity (Wildman–Crippen MR) is 132 cm³/mol. The third-order valence-corrected chi connectivity index (χ3v) is 7.07. The SMILES string of the molecule is CC(C)c1ccccc1-n1c(SCC(=O)NC(C)(C#N)C2CC2)nnc1-c1ccc(Cl)cc1. The van der Waals surface area contributed by atoms with E-state index in [1.807, 2.05) is 47.0 Å². The number of hydrogen-bond acceptors (Lipinski definition) is 5. The zero-order valence-electron chi connectivity index (χ0n) is 18.9. The molecular weight excluding hydrogens is 454 g/mol. The summed E-state index contributed by atoms with van der Waals surface area (Å²) in [5.41, 5.74) is 2.20. The second-order valence-corrected chi connectivity index (χ2v) is 10.2. The van der Waals surface area contributed by atoms with E-state index in [-0.39, 0.29) is 23.5 Å². The summed E-state index contributed by atoms with van der Waals surface area (Å²) in [6, 6.07) is 17.9. The maximum absolute atomic E-state index is 12.7. The lowest BCUT2D eigenvalue weighted by atomic mass is 9.98. The first-order valence-electron chi connectivity index (χ1n) is 11.0. The number of benzene rings is 2. The zero-order chi connectivity index (χ0) is 23.6. The van der Waals surface area contributed by atoms with Gasteiger partial charge in [0.25, 0.3) is 0 Å². The Morgan fingerprint density at radius 3 is 2.58 bits per heavy atom. The summed E-state index contributed by atoms with van der Waals surface area (Å²) in [5, 5.41) is 22.6. The third kappa shape index (κ3) is 5.07. The van der Waals surface area contributed by atoms with Gasteiger partial charge >= 0.3 is 0 Å². The number of para-hydroxylation sites is 1. The number of amides is 1. The molecule has 2 aromatic carbocycles. The summed E-state index contributed by atoms with van der Waals surface area (Å²) in [7, 11) is 0. The van der Waals surface area contributed by atoms with Crippen molar-refractivity contribution < 1.29 is 4.79 Å². The summed E-state index contributed by atoms with van der Waals surface area (Å²) in [5.74, 6) is 1.16. The summed E-state index contributed by atoms with van der Waals surface area (Å²) >= 11 is 7.40. The number of carbonyl (C=O) groups excluding carboxylic acids is 1. The number of nitriles is 1. The van der Waals surface area contributed by atoms with Gasteiger partial charge in [-0.1, -0.05) is 55.4 Å². The van der Waals surface area contributed by atoms with Crippen molar-refractivity contribution >= 4 is 29.3 Å². The molecule has 1 atom stereocenters. The molecule has 1 aromatic heterocycles. The number of rotatable bonds is 8. The van der Waals surface area contributed by atoms with Crippen LogP contribution in [0.1, 0.15) is 45.1 Å². The smallest absolute Gasteiger partial charge is 0.231 e. The van der Waals surface area contributed by atoms with Crippen molar-refractivity contribution in [1.29, 1.82) is 5.26 Å². The fourth-order valence-electron chi connectivity index (χ4n) is 3.88. The van der Waals surface area contributed by atoms with Gasteiger partial charge in [0.2, 0.25) is 5.91 Å². The van der Waals surface area contributed by atoms with Gasteiger partial charge in [0.05, 0.1) is 17.5 Å². The van der Waals surface area contributed by atoms with Crippen LogP contribution in [0.25, 0.3) is 17.1 Å². The Morgan fingerprint density at radius 2 is 1.94 bits per heavy atom. The second-order valence-electron chi connectivity index (χ2n) is 8.79. The minimum Gasteiger partial charge on any atom is -0.337 e. The molecular formula is C25H26ClN5OS. The van der Waals surface area contributed by atoms with Gasteiger partial charge in [-0.3, -0.25) is 9.36 Å². The summed E-state index contributed by atoms with van der Waals surface area (Å²) in [6.07, 6.45) is 1.95. The topological polar surface area (TPSA) is 83.6 Å². The summed E-state index contributed by atoms with van der Waals surface area (Å²) in [6.45, 7) is 6.09. The number of aromatic nitrogens is 3. The van der Waals surface area contributed by atoms with Crippen molar-refractivity contribution in [3.05, 3.63) is 59.1 Å². The Balaban J connectivity index is 1.67. The first-order valence-corrected chi connectivity index (χ1v) is 12.3. The molecule has 0 radical (unpaired) electrons. The molecule has 6 nitrogen and oxygen atoms in total. The lowest BCUT2D eigenvalue weighted by molar-refractivity contribution is -0.119. The first-order chi connectivity index (χ1) is 15.8. The van der Waals surface area contributed by atoms with Crippen LogP contribution in [0.5, 0.6) is 0 Å². The molecule has 1 fully saturated rings. The molecule has 4 rings (SSSR count). The number of halogens is 1. The Labute approximate surface area is 203 Å². The van der Waals surface area contributed by atoms with Crippen LogP contribution in [0.4, 0.5) is 0 Å². The Morgan fingerprint density at radius 1 is 1.24 bits per heavy atom. The average Bonchev–Trinajstić information content (AvgIpc) is 3.59. The number of nitrogens with zero attached hydrogens (tertiary/aromatic N) is 4. The molecule has 0 bridgehead atoms. The fourth-order valence-corrected chi connectivity index (χ4v) is 4.75. The molecule has 3 aromatic rings. The molecule has 1 N–H and O–H groups in total. The highest BCUT2D eigenvalue weighted by Crippen LogP contribution is 2.39. The molecule has 33 heavy (non-hydrogen) atoms. The highest BCUT2D eigenvalue weighted by molar-refractivity contribution is 7.99. The van der Waals surface area contributed by atoms with Gasteiger partial charge in [-0.25, -0.2) is 0 Å². The van der Waals surface area contributed by atoms with Gasteiger partial charge in [0.1, 0.15) is 5.54 Å². The Hall–Kier alpha value is -2.82. The van der Waals surface area contributed by atoms with E-state index < -0.39 is 5.54 Å². The van der Waals surface area contributed by atoms with Crippen molar-refractivity contribution in [3.8, 4) is 23.1 Å². The van der Waals surface area contributed by atoms with Gasteiger partial charge in [-0.15, -0.1) is 10.2 Å². The minimum absolute atomic E-state index is 0.145. The van der Waals surface area contributed by atoms with E-state index >= 15 is 0 Å². The second kappa shape index (κ2) is 9.58. The minimum atomic E-state index is -0.815. The van der Waals surface area contributed by atoms with Gasteiger partial charge < -0.3 is 5.32 Å². The number of carbonyl (C=O) groups is 1. The normalized spacial score (nSPS) is 15.2. The molecule has 1 amide bonds. The Bertz CT molecular complexity index is 1200. The van der Waals surface area contributed by atoms with E-state index in [0.717, 1.165) is 29.7 Å². The van der Waals surface area contributed by atoms with Crippen LogP contribution < -0.4 is 5.32 Å². The van der Waals surface area contributed by atoms with Crippen molar-refractivity contribution in [2.24, 2.45) is 5.92 Å². The number of hydrogen-bond donors (Lipinski definition) is 1. The molecule has 1 aliphatic rings. The van der Waals surface area contributed by atoms with Crippen LogP contribution in [0, 0.1) is 17.2 Å². The van der Waals surface area contributed by atoms with E-state index in [0.29, 0.717) is 16.0 Å².